The Kier molecular flexibility index (Phi) is 12.8. The topological polar surface area (TPSA) is 156 Å². The highest BCUT2D eigenvalue weighted by Gasteiger charge is 2.54. The number of fused-ring (bicyclic) bond motifs is 1. The second-order valence-electron chi connectivity index (χ2n) is 17.3. The van der Waals surface area contributed by atoms with Crippen LogP contribution in [0.5, 0.6) is 5.75 Å². The molecule has 1 saturated heterocycles. The molecule has 5 atom stereocenters. The van der Waals surface area contributed by atoms with Gasteiger partial charge in [-0.25, -0.2) is 0 Å². The van der Waals surface area contributed by atoms with Crippen LogP contribution in [0.3, 0.4) is 0 Å². The summed E-state index contributed by atoms with van der Waals surface area (Å²) in [6.45, 7) is 10.6. The van der Waals surface area contributed by atoms with Gasteiger partial charge in [-0.3, -0.25) is 19.1 Å². The molecule has 0 radical (unpaired) electrons. The van der Waals surface area contributed by atoms with Gasteiger partial charge in [0, 0.05) is 16.9 Å². The summed E-state index contributed by atoms with van der Waals surface area (Å²) in [6.07, 6.45) is -0.795. The van der Waals surface area contributed by atoms with Crippen LogP contribution in [0.2, 0.25) is 5.04 Å². The van der Waals surface area contributed by atoms with Gasteiger partial charge in [-0.05, 0) is 62.6 Å². The molecule has 2 N–H and O–H groups in total. The molecule has 2 aromatic heterocycles. The summed E-state index contributed by atoms with van der Waals surface area (Å²) in [4.78, 5) is 39.3. The van der Waals surface area contributed by atoms with Crippen LogP contribution in [-0.2, 0) is 14.7 Å². The van der Waals surface area contributed by atoms with Crippen LogP contribution in [0.25, 0.3) is 20.8 Å². The van der Waals surface area contributed by atoms with E-state index in [9.17, 15) is 15.1 Å². The lowest BCUT2D eigenvalue weighted by Crippen LogP contribution is -2.68. The van der Waals surface area contributed by atoms with Crippen LogP contribution in [0.1, 0.15) is 70.4 Å². The minimum Gasteiger partial charge on any atom is -0.497 e. The highest BCUT2D eigenvalue weighted by atomic mass is 32.1. The summed E-state index contributed by atoms with van der Waals surface area (Å²) >= 11 is 0.814. The maximum atomic E-state index is 14.4. The van der Waals surface area contributed by atoms with Gasteiger partial charge < -0.3 is 19.2 Å². The molecule has 0 saturated carbocycles. The molecule has 0 bridgehead atoms. The van der Waals surface area contributed by atoms with E-state index in [4.69, 9.17) is 18.9 Å². The molecule has 12 nitrogen and oxygen atoms in total. The normalized spacial score (nSPS) is 17.7. The van der Waals surface area contributed by atoms with Gasteiger partial charge >= 0.3 is 4.87 Å². The lowest BCUT2D eigenvalue weighted by atomic mass is 9.77. The smallest absolute Gasteiger partial charge is 0.311 e. The van der Waals surface area contributed by atoms with Crippen molar-refractivity contribution >= 4 is 46.3 Å². The van der Waals surface area contributed by atoms with Crippen molar-refractivity contribution in [3.05, 3.63) is 193 Å². The van der Waals surface area contributed by atoms with E-state index in [-0.39, 0.29) is 21.3 Å². The molecule has 64 heavy (non-hydrogen) atoms. The minimum absolute atomic E-state index is 0.142. The molecule has 0 aliphatic carbocycles. The van der Waals surface area contributed by atoms with Crippen LogP contribution in [0.15, 0.2) is 160 Å². The molecule has 0 amide bonds. The monoisotopic (exact) mass is 891 g/mol. The molecule has 5 aromatic carbocycles. The van der Waals surface area contributed by atoms with Gasteiger partial charge in [0.25, 0.3) is 13.9 Å². The number of ether oxygens (including phenoxy) is 2. The number of H-pyrrole nitrogens is 1. The zero-order valence-corrected chi connectivity index (χ0v) is 38.7. The molecule has 1 fully saturated rings. The van der Waals surface area contributed by atoms with Gasteiger partial charge in [0.1, 0.15) is 22.2 Å². The number of azide groups is 1. The largest absolute Gasteiger partial charge is 0.497 e. The number of hydrogen-bond acceptors (Lipinski definition) is 9. The molecular weight excluding hydrogens is 839 g/mol. The van der Waals surface area contributed by atoms with E-state index in [0.717, 1.165) is 38.4 Å². The number of methoxy groups -OCH3 is 1. The Morgan fingerprint density at radius 1 is 0.875 bits per heavy atom. The Bertz CT molecular complexity index is 2770. The average Bonchev–Trinajstić information content (AvgIpc) is 3.90. The van der Waals surface area contributed by atoms with Crippen molar-refractivity contribution in [1.82, 2.24) is 14.5 Å². The van der Waals surface area contributed by atoms with Crippen molar-refractivity contribution in [3.63, 3.8) is 0 Å². The Balaban J connectivity index is 1.25. The number of rotatable bonds is 15. The minimum atomic E-state index is -3.04. The van der Waals surface area contributed by atoms with E-state index < -0.39 is 54.7 Å². The van der Waals surface area contributed by atoms with E-state index in [1.807, 2.05) is 104 Å². The zero-order chi connectivity index (χ0) is 45.1. The second kappa shape index (κ2) is 18.4. The third-order valence-electron chi connectivity index (χ3n) is 12.6. The van der Waals surface area contributed by atoms with Crippen molar-refractivity contribution in [2.24, 2.45) is 11.0 Å². The van der Waals surface area contributed by atoms with Crippen LogP contribution in [0.4, 0.5) is 5.95 Å². The third kappa shape index (κ3) is 8.08. The number of aromatic nitrogens is 3. The first-order chi connectivity index (χ1) is 30.9. The Morgan fingerprint density at radius 3 is 1.91 bits per heavy atom. The quantitative estimate of drug-likeness (QED) is 0.0342. The van der Waals surface area contributed by atoms with E-state index in [1.54, 1.807) is 7.11 Å². The molecule has 3 heterocycles. The summed E-state index contributed by atoms with van der Waals surface area (Å²) in [5.41, 5.74) is 10.9. The van der Waals surface area contributed by atoms with Crippen LogP contribution >= 0.6 is 11.3 Å². The van der Waals surface area contributed by atoms with E-state index in [2.05, 4.69) is 96.6 Å². The van der Waals surface area contributed by atoms with Crippen molar-refractivity contribution < 1.29 is 13.9 Å². The van der Waals surface area contributed by atoms with Gasteiger partial charge in [-0.1, -0.05) is 185 Å². The molecule has 0 spiro atoms. The van der Waals surface area contributed by atoms with Gasteiger partial charge in [-0.2, -0.15) is 4.98 Å². The van der Waals surface area contributed by atoms with Crippen molar-refractivity contribution in [2.75, 3.05) is 12.4 Å². The van der Waals surface area contributed by atoms with Gasteiger partial charge in [0.15, 0.2) is 5.65 Å². The Labute approximate surface area is 377 Å². The highest BCUT2D eigenvalue weighted by Crippen LogP contribution is 2.45. The first-order valence-electron chi connectivity index (χ1n) is 21.6. The van der Waals surface area contributed by atoms with E-state index in [0.29, 0.717) is 18.6 Å². The first-order valence-corrected chi connectivity index (χ1v) is 24.3. The van der Waals surface area contributed by atoms with Crippen molar-refractivity contribution in [3.8, 4) is 5.75 Å². The maximum absolute atomic E-state index is 14.4. The number of thiazole rings is 1. The number of anilines is 1. The fraction of sp³-hybridized carbons (Fsp3) is 0.300. The lowest BCUT2D eigenvalue weighted by Gasteiger charge is -2.46. The van der Waals surface area contributed by atoms with E-state index >= 15 is 0 Å². The molecule has 8 rings (SSSR count). The van der Waals surface area contributed by atoms with Crippen molar-refractivity contribution in [1.29, 1.82) is 0 Å². The summed E-state index contributed by atoms with van der Waals surface area (Å²) in [5.74, 6) is 0.372. The fourth-order valence-corrected chi connectivity index (χ4v) is 15.1. The van der Waals surface area contributed by atoms with Gasteiger partial charge in [0.2, 0.25) is 5.95 Å². The van der Waals surface area contributed by atoms with Gasteiger partial charge in [-0.15, -0.1) is 0 Å². The highest BCUT2D eigenvalue weighted by molar-refractivity contribution is 7.16. The summed E-state index contributed by atoms with van der Waals surface area (Å²) in [5, 5.41) is 9.79. The number of nitrogens with zero attached hydrogens (tertiary/aromatic N) is 5. The fourth-order valence-electron chi connectivity index (χ4n) is 9.48. The van der Waals surface area contributed by atoms with Gasteiger partial charge in [0.05, 0.1) is 19.3 Å². The number of hydrogen-bond donors (Lipinski definition) is 2. The molecule has 14 heteroatoms. The number of aromatic amines is 1. The van der Waals surface area contributed by atoms with Crippen LogP contribution < -0.4 is 30.9 Å². The first kappa shape index (κ1) is 44.3. The molecule has 1 aliphatic rings. The van der Waals surface area contributed by atoms with E-state index in [1.165, 1.54) is 4.57 Å². The summed E-state index contributed by atoms with van der Waals surface area (Å²) in [7, 11) is -1.41. The van der Waals surface area contributed by atoms with Crippen molar-refractivity contribution in [2.45, 2.75) is 82.5 Å². The summed E-state index contributed by atoms with van der Waals surface area (Å²) < 4.78 is 21.9. The second-order valence-corrected chi connectivity index (χ2v) is 22.5. The predicted octanol–water partition coefficient (Wildman–Crippen LogP) is 9.52. The number of nitrogens with one attached hydrogen (secondary N) is 2. The molecule has 7 aromatic rings. The molecule has 0 unspecified atom stereocenters. The molecule has 1 aliphatic heterocycles. The molecular formula is C50H53N7O5SSi. The zero-order valence-electron chi connectivity index (χ0n) is 36.8. The lowest BCUT2D eigenvalue weighted by molar-refractivity contribution is -0.0613. The molecule has 328 valence electrons. The standard InChI is InChI=1S/C50H53N7O5SSi/c1-7-41(62-64(49(3,4)5,38-24-16-10-17-25-38)39-26-18-11-19-27-39)42-32-40(33(2)55-56-51)46(61-42)57-44-43(63-48(57)59)45(58)53-47(52-44)54-50(34-20-12-8-13-21-34,35-22-14-9-15-23-35)36-28-30-37(60-6)31-29-36/h8-31,33,40-42,46H,7,32H2,1-6H3,(H2,52,53,54,58)/t33-,40-,41-,42-,46+/m0/s1. The average molecular weight is 892 g/mol. The SMILES string of the molecule is CC[C@H](O[Si](c1ccccc1)(c1ccccc1)C(C)(C)C)[C@@H]1C[C@@H]([C@H](C)N=[N+]=[N-])[C@H](n2c(=O)sc3c(=O)[nH]c(NC(c4ccccc4)(c4ccccc4)c4ccc(OC)cc4)nc32)O1. The van der Waals surface area contributed by atoms with Crippen LogP contribution in [0, 0.1) is 5.92 Å². The van der Waals surface area contributed by atoms with Crippen LogP contribution in [-0.4, -0.2) is 48.2 Å². The third-order valence-corrected chi connectivity index (χ3v) is 18.6. The Morgan fingerprint density at radius 2 is 1.41 bits per heavy atom. The maximum Gasteiger partial charge on any atom is 0.311 e. The Hall–Kier alpha value is -6.28. The summed E-state index contributed by atoms with van der Waals surface area (Å²) in [6, 6.07) is 47.9. The predicted molar refractivity (Wildman–Crippen MR) is 257 cm³/mol. The number of benzene rings is 5.